The third-order valence-electron chi connectivity index (χ3n) is 2.90. The molecule has 0 spiro atoms. The van der Waals surface area contributed by atoms with E-state index in [0.717, 1.165) is 23.1 Å². The van der Waals surface area contributed by atoms with Crippen molar-refractivity contribution in [1.82, 2.24) is 5.32 Å². The second-order valence-electron chi connectivity index (χ2n) is 4.29. The van der Waals surface area contributed by atoms with Gasteiger partial charge in [-0.1, -0.05) is 34.1 Å². The summed E-state index contributed by atoms with van der Waals surface area (Å²) in [5.74, 6) is 0.847. The number of para-hydroxylation sites is 1. The standard InChI is InChI=1S/C13H16BrNO2/c1-9(8-14)15-13(16)11-6-7-17-12-5-3-2-4-10(11)12/h2-5,9,11H,6-8H2,1H3,(H,15,16). The molecule has 1 aliphatic heterocycles. The molecule has 0 saturated heterocycles. The van der Waals surface area contributed by atoms with Crippen LogP contribution < -0.4 is 10.1 Å². The van der Waals surface area contributed by atoms with Gasteiger partial charge in [-0.05, 0) is 19.4 Å². The van der Waals surface area contributed by atoms with Gasteiger partial charge in [0.25, 0.3) is 0 Å². The Morgan fingerprint density at radius 3 is 3.12 bits per heavy atom. The molecule has 0 fully saturated rings. The highest BCUT2D eigenvalue weighted by Gasteiger charge is 2.27. The molecule has 17 heavy (non-hydrogen) atoms. The normalized spacial score (nSPS) is 20.0. The third kappa shape index (κ3) is 2.80. The number of benzene rings is 1. The van der Waals surface area contributed by atoms with Crippen LogP contribution in [0, 0.1) is 0 Å². The molecule has 2 atom stereocenters. The first-order chi connectivity index (χ1) is 8.22. The minimum atomic E-state index is -0.0820. The number of nitrogens with one attached hydrogen (secondary N) is 1. The Bertz CT molecular complexity index is 408. The van der Waals surface area contributed by atoms with Crippen LogP contribution in [-0.4, -0.2) is 23.9 Å². The van der Waals surface area contributed by atoms with Gasteiger partial charge in [-0.15, -0.1) is 0 Å². The van der Waals surface area contributed by atoms with E-state index in [1.54, 1.807) is 0 Å². The summed E-state index contributed by atoms with van der Waals surface area (Å²) < 4.78 is 5.55. The molecule has 92 valence electrons. The number of rotatable bonds is 3. The van der Waals surface area contributed by atoms with Gasteiger partial charge in [-0.25, -0.2) is 0 Å². The maximum absolute atomic E-state index is 12.1. The van der Waals surface area contributed by atoms with Crippen molar-refractivity contribution in [3.05, 3.63) is 29.8 Å². The van der Waals surface area contributed by atoms with Crippen LogP contribution in [0.25, 0.3) is 0 Å². The SMILES string of the molecule is CC(CBr)NC(=O)C1CCOc2ccccc21. The summed E-state index contributed by atoms with van der Waals surface area (Å²) in [6.45, 7) is 2.59. The molecule has 0 aromatic heterocycles. The number of amides is 1. The molecule has 0 radical (unpaired) electrons. The van der Waals surface area contributed by atoms with Crippen molar-refractivity contribution >= 4 is 21.8 Å². The number of hydrogen-bond donors (Lipinski definition) is 1. The number of fused-ring (bicyclic) bond motifs is 1. The fraction of sp³-hybridized carbons (Fsp3) is 0.462. The van der Waals surface area contributed by atoms with Gasteiger partial charge in [-0.2, -0.15) is 0 Å². The fourth-order valence-corrected chi connectivity index (χ4v) is 2.16. The summed E-state index contributed by atoms with van der Waals surface area (Å²) in [5, 5.41) is 3.77. The molecule has 1 heterocycles. The van der Waals surface area contributed by atoms with Crippen molar-refractivity contribution in [2.45, 2.75) is 25.3 Å². The lowest BCUT2D eigenvalue weighted by Crippen LogP contribution is -2.38. The van der Waals surface area contributed by atoms with E-state index in [-0.39, 0.29) is 17.9 Å². The van der Waals surface area contributed by atoms with Crippen molar-refractivity contribution in [2.24, 2.45) is 0 Å². The van der Waals surface area contributed by atoms with E-state index in [0.29, 0.717) is 6.61 Å². The van der Waals surface area contributed by atoms with Crippen molar-refractivity contribution in [3.8, 4) is 5.75 Å². The van der Waals surface area contributed by atoms with Gasteiger partial charge >= 0.3 is 0 Å². The lowest BCUT2D eigenvalue weighted by atomic mass is 9.92. The topological polar surface area (TPSA) is 38.3 Å². The first-order valence-corrected chi connectivity index (χ1v) is 6.92. The minimum absolute atomic E-state index is 0.0820. The first kappa shape index (κ1) is 12.4. The van der Waals surface area contributed by atoms with E-state index in [4.69, 9.17) is 4.74 Å². The van der Waals surface area contributed by atoms with Crippen molar-refractivity contribution in [1.29, 1.82) is 0 Å². The Hall–Kier alpha value is -1.03. The zero-order valence-electron chi connectivity index (χ0n) is 9.78. The van der Waals surface area contributed by atoms with Crippen molar-refractivity contribution in [2.75, 3.05) is 11.9 Å². The molecule has 1 aromatic carbocycles. The zero-order chi connectivity index (χ0) is 12.3. The van der Waals surface area contributed by atoms with Crippen LogP contribution in [0.5, 0.6) is 5.75 Å². The van der Waals surface area contributed by atoms with Gasteiger partial charge in [0.1, 0.15) is 5.75 Å². The van der Waals surface area contributed by atoms with Gasteiger partial charge < -0.3 is 10.1 Å². The average molecular weight is 298 g/mol. The molecule has 0 bridgehead atoms. The molecule has 1 aromatic rings. The molecule has 2 unspecified atom stereocenters. The van der Waals surface area contributed by atoms with Crippen LogP contribution in [0.2, 0.25) is 0 Å². The van der Waals surface area contributed by atoms with Gasteiger partial charge in [0.05, 0.1) is 12.5 Å². The summed E-state index contributed by atoms with van der Waals surface area (Å²) in [5.41, 5.74) is 0.998. The van der Waals surface area contributed by atoms with Gasteiger partial charge in [0, 0.05) is 16.9 Å². The van der Waals surface area contributed by atoms with E-state index in [1.807, 2.05) is 31.2 Å². The van der Waals surface area contributed by atoms with E-state index < -0.39 is 0 Å². The number of hydrogen-bond acceptors (Lipinski definition) is 2. The highest BCUT2D eigenvalue weighted by molar-refractivity contribution is 9.09. The Morgan fingerprint density at radius 2 is 2.35 bits per heavy atom. The number of carbonyl (C=O) groups is 1. The molecule has 4 heteroatoms. The first-order valence-electron chi connectivity index (χ1n) is 5.80. The Labute approximate surface area is 110 Å². The van der Waals surface area contributed by atoms with Crippen molar-refractivity contribution < 1.29 is 9.53 Å². The summed E-state index contributed by atoms with van der Waals surface area (Å²) >= 11 is 3.36. The van der Waals surface area contributed by atoms with Gasteiger partial charge in [0.2, 0.25) is 5.91 Å². The Morgan fingerprint density at radius 1 is 1.59 bits per heavy atom. The number of halogens is 1. The lowest BCUT2D eigenvalue weighted by molar-refractivity contribution is -0.123. The zero-order valence-corrected chi connectivity index (χ0v) is 11.4. The van der Waals surface area contributed by atoms with E-state index in [9.17, 15) is 4.79 Å². The van der Waals surface area contributed by atoms with Crippen LogP contribution in [0.4, 0.5) is 0 Å². The van der Waals surface area contributed by atoms with E-state index in [1.165, 1.54) is 0 Å². The summed E-state index contributed by atoms with van der Waals surface area (Å²) in [4.78, 5) is 12.1. The van der Waals surface area contributed by atoms with Crippen molar-refractivity contribution in [3.63, 3.8) is 0 Å². The van der Waals surface area contributed by atoms with E-state index in [2.05, 4.69) is 21.2 Å². The second-order valence-corrected chi connectivity index (χ2v) is 4.94. The van der Waals surface area contributed by atoms with Crippen LogP contribution in [-0.2, 0) is 4.79 Å². The van der Waals surface area contributed by atoms with E-state index >= 15 is 0 Å². The largest absolute Gasteiger partial charge is 0.493 e. The van der Waals surface area contributed by atoms with Gasteiger partial charge in [0.15, 0.2) is 0 Å². The minimum Gasteiger partial charge on any atom is -0.493 e. The van der Waals surface area contributed by atoms with Crippen LogP contribution >= 0.6 is 15.9 Å². The molecular formula is C13H16BrNO2. The average Bonchev–Trinajstić information content (AvgIpc) is 2.37. The third-order valence-corrected chi connectivity index (χ3v) is 3.87. The highest BCUT2D eigenvalue weighted by atomic mass is 79.9. The summed E-state index contributed by atoms with van der Waals surface area (Å²) in [6, 6.07) is 7.92. The second kappa shape index (κ2) is 5.54. The fourth-order valence-electron chi connectivity index (χ4n) is 2.00. The number of carbonyl (C=O) groups excluding carboxylic acids is 1. The quantitative estimate of drug-likeness (QED) is 0.871. The molecule has 1 amide bonds. The molecule has 2 rings (SSSR count). The Balaban J connectivity index is 2.15. The lowest BCUT2D eigenvalue weighted by Gasteiger charge is -2.26. The molecule has 1 aliphatic rings. The molecule has 0 aliphatic carbocycles. The maximum Gasteiger partial charge on any atom is 0.228 e. The monoisotopic (exact) mass is 297 g/mol. The summed E-state index contributed by atoms with van der Waals surface area (Å²) in [7, 11) is 0. The number of alkyl halides is 1. The predicted octanol–water partition coefficient (Wildman–Crippen LogP) is 2.45. The van der Waals surface area contributed by atoms with Crippen LogP contribution in [0.3, 0.4) is 0 Å². The van der Waals surface area contributed by atoms with Crippen LogP contribution in [0.1, 0.15) is 24.8 Å². The smallest absolute Gasteiger partial charge is 0.228 e. The predicted molar refractivity (Wildman–Crippen MR) is 70.7 cm³/mol. The maximum atomic E-state index is 12.1. The molecule has 1 N–H and O–H groups in total. The van der Waals surface area contributed by atoms with Crippen LogP contribution in [0.15, 0.2) is 24.3 Å². The number of ether oxygens (including phenoxy) is 1. The highest BCUT2D eigenvalue weighted by Crippen LogP contribution is 2.33. The molecule has 0 saturated carbocycles. The van der Waals surface area contributed by atoms with Gasteiger partial charge in [-0.3, -0.25) is 4.79 Å². The summed E-state index contributed by atoms with van der Waals surface area (Å²) in [6.07, 6.45) is 0.748. The molecule has 3 nitrogen and oxygen atoms in total. The Kier molecular flexibility index (Phi) is 4.05. The molecular weight excluding hydrogens is 282 g/mol.